The van der Waals surface area contributed by atoms with Gasteiger partial charge in [0.25, 0.3) is 5.56 Å². The van der Waals surface area contributed by atoms with Crippen LogP contribution in [0.1, 0.15) is 62.9 Å². The topological polar surface area (TPSA) is 55.2 Å². The van der Waals surface area contributed by atoms with Crippen molar-refractivity contribution in [3.8, 4) is 5.69 Å². The Morgan fingerprint density at radius 3 is 2.56 bits per heavy atom. The van der Waals surface area contributed by atoms with Crippen molar-refractivity contribution in [2.45, 2.75) is 58.4 Å². The van der Waals surface area contributed by atoms with Gasteiger partial charge >= 0.3 is 0 Å². The minimum Gasteiger partial charge on any atom is -0.336 e. The fourth-order valence-corrected chi connectivity index (χ4v) is 4.76. The molecule has 4 rings (SSSR count). The maximum absolute atomic E-state index is 13.5. The Morgan fingerprint density at radius 1 is 1.19 bits per heavy atom. The second-order valence-electron chi connectivity index (χ2n) is 8.98. The van der Waals surface area contributed by atoms with Gasteiger partial charge < -0.3 is 4.90 Å². The third kappa shape index (κ3) is 4.58. The van der Waals surface area contributed by atoms with Gasteiger partial charge in [0.15, 0.2) is 0 Å². The average Bonchev–Trinajstić information content (AvgIpc) is 3.30. The van der Waals surface area contributed by atoms with Crippen molar-refractivity contribution < 1.29 is 4.79 Å². The molecule has 32 heavy (non-hydrogen) atoms. The van der Waals surface area contributed by atoms with Crippen molar-refractivity contribution in [2.24, 2.45) is 5.92 Å². The molecular formula is C26H30ClN3O2. The lowest BCUT2D eigenvalue weighted by Gasteiger charge is -2.27. The van der Waals surface area contributed by atoms with Gasteiger partial charge in [-0.3, -0.25) is 14.2 Å². The molecule has 2 aromatic carbocycles. The van der Waals surface area contributed by atoms with Gasteiger partial charge in [0.2, 0.25) is 5.91 Å². The molecule has 0 spiro atoms. The predicted molar refractivity (Wildman–Crippen MR) is 129 cm³/mol. The second-order valence-corrected chi connectivity index (χ2v) is 9.41. The van der Waals surface area contributed by atoms with E-state index in [1.165, 1.54) is 25.7 Å². The van der Waals surface area contributed by atoms with E-state index in [4.69, 9.17) is 16.6 Å². The van der Waals surface area contributed by atoms with Crippen molar-refractivity contribution in [2.75, 3.05) is 7.05 Å². The molecule has 1 aliphatic rings. The molecule has 5 nitrogen and oxygen atoms in total. The lowest BCUT2D eigenvalue weighted by molar-refractivity contribution is -0.132. The molecule has 1 unspecified atom stereocenters. The van der Waals surface area contributed by atoms with Gasteiger partial charge in [-0.2, -0.15) is 0 Å². The summed E-state index contributed by atoms with van der Waals surface area (Å²) in [6, 6.07) is 12.5. The molecule has 0 N–H and O–H groups in total. The largest absolute Gasteiger partial charge is 0.336 e. The smallest absolute Gasteiger partial charge is 0.266 e. The summed E-state index contributed by atoms with van der Waals surface area (Å²) in [7, 11) is 1.80. The predicted octanol–water partition coefficient (Wildman–Crippen LogP) is 5.84. The molecule has 1 aliphatic carbocycles. The molecule has 1 saturated carbocycles. The van der Waals surface area contributed by atoms with Gasteiger partial charge in [-0.15, -0.1) is 0 Å². The molecule has 0 aliphatic heterocycles. The number of aryl methyl sites for hydroxylation is 1. The molecule has 0 radical (unpaired) electrons. The monoisotopic (exact) mass is 451 g/mol. The summed E-state index contributed by atoms with van der Waals surface area (Å²) in [6.07, 6.45) is 6.47. The number of fused-ring (bicyclic) bond motifs is 1. The van der Waals surface area contributed by atoms with E-state index in [1.807, 2.05) is 38.1 Å². The minimum atomic E-state index is -0.372. The zero-order valence-electron chi connectivity index (χ0n) is 19.0. The third-order valence-corrected chi connectivity index (χ3v) is 6.97. The number of nitrogens with zero attached hydrogens (tertiary/aromatic N) is 3. The van der Waals surface area contributed by atoms with Crippen LogP contribution in [0.2, 0.25) is 5.02 Å². The summed E-state index contributed by atoms with van der Waals surface area (Å²) in [6.45, 7) is 3.93. The Labute approximate surface area is 194 Å². The highest BCUT2D eigenvalue weighted by Crippen LogP contribution is 2.30. The van der Waals surface area contributed by atoms with Crippen LogP contribution in [-0.4, -0.2) is 27.4 Å². The molecule has 168 valence electrons. The second kappa shape index (κ2) is 9.45. The SMILES string of the molecule is Cc1ccc(-n2c(C(C)N(C)C(=O)CCC3CCCC3)nc3cc(Cl)ccc3c2=O)cc1. The zero-order valence-corrected chi connectivity index (χ0v) is 19.7. The Hall–Kier alpha value is -2.66. The standard InChI is InChI=1S/C26H30ClN3O2/c1-17-8-12-21(13-9-17)30-25(28-23-16-20(27)11-14-22(23)26(30)32)18(2)29(3)24(31)15-10-19-6-4-5-7-19/h8-9,11-14,16,18-19H,4-7,10,15H2,1-3H3. The van der Waals surface area contributed by atoms with Crippen LogP contribution in [0, 0.1) is 12.8 Å². The molecule has 6 heteroatoms. The normalized spacial score (nSPS) is 15.2. The summed E-state index contributed by atoms with van der Waals surface area (Å²) >= 11 is 6.18. The number of carbonyl (C=O) groups excluding carboxylic acids is 1. The van der Waals surface area contributed by atoms with E-state index in [-0.39, 0.29) is 17.5 Å². The highest BCUT2D eigenvalue weighted by atomic mass is 35.5. The molecule has 1 aromatic heterocycles. The zero-order chi connectivity index (χ0) is 22.8. The van der Waals surface area contributed by atoms with Crippen molar-refractivity contribution in [1.82, 2.24) is 14.5 Å². The van der Waals surface area contributed by atoms with Gasteiger partial charge in [-0.1, -0.05) is 55.0 Å². The van der Waals surface area contributed by atoms with Crippen molar-refractivity contribution in [3.05, 3.63) is 69.2 Å². The van der Waals surface area contributed by atoms with E-state index in [0.717, 1.165) is 17.7 Å². The van der Waals surface area contributed by atoms with Crippen LogP contribution in [0.4, 0.5) is 0 Å². The van der Waals surface area contributed by atoms with E-state index >= 15 is 0 Å². The number of amides is 1. The first-order valence-corrected chi connectivity index (χ1v) is 11.8. The van der Waals surface area contributed by atoms with E-state index in [2.05, 4.69) is 0 Å². The molecular weight excluding hydrogens is 422 g/mol. The van der Waals surface area contributed by atoms with Gasteiger partial charge in [0, 0.05) is 18.5 Å². The first-order valence-electron chi connectivity index (χ1n) is 11.4. The summed E-state index contributed by atoms with van der Waals surface area (Å²) < 4.78 is 1.63. The molecule has 0 saturated heterocycles. The number of aromatic nitrogens is 2. The van der Waals surface area contributed by atoms with Crippen molar-refractivity contribution >= 4 is 28.4 Å². The van der Waals surface area contributed by atoms with Crippen LogP contribution in [0.5, 0.6) is 0 Å². The Kier molecular flexibility index (Phi) is 6.66. The Balaban J connectivity index is 1.73. The number of rotatable bonds is 6. The summed E-state index contributed by atoms with van der Waals surface area (Å²) in [5, 5.41) is 1.03. The van der Waals surface area contributed by atoms with Crippen molar-refractivity contribution in [3.63, 3.8) is 0 Å². The lowest BCUT2D eigenvalue weighted by atomic mass is 10.0. The molecule has 0 bridgehead atoms. The quantitative estimate of drug-likeness (QED) is 0.473. The van der Waals surface area contributed by atoms with Gasteiger partial charge in [-0.25, -0.2) is 4.98 Å². The maximum Gasteiger partial charge on any atom is 0.266 e. The fourth-order valence-electron chi connectivity index (χ4n) is 4.59. The highest BCUT2D eigenvalue weighted by Gasteiger charge is 2.25. The summed E-state index contributed by atoms with van der Waals surface area (Å²) in [4.78, 5) is 33.1. The van der Waals surface area contributed by atoms with E-state index < -0.39 is 0 Å². The minimum absolute atomic E-state index is 0.0836. The van der Waals surface area contributed by atoms with Crippen LogP contribution in [0.25, 0.3) is 16.6 Å². The first kappa shape index (κ1) is 22.5. The highest BCUT2D eigenvalue weighted by molar-refractivity contribution is 6.31. The number of hydrogen-bond acceptors (Lipinski definition) is 3. The third-order valence-electron chi connectivity index (χ3n) is 6.74. The number of hydrogen-bond donors (Lipinski definition) is 0. The van der Waals surface area contributed by atoms with Crippen LogP contribution in [0.15, 0.2) is 47.3 Å². The van der Waals surface area contributed by atoms with Gasteiger partial charge in [0.05, 0.1) is 22.6 Å². The maximum atomic E-state index is 13.5. The van der Waals surface area contributed by atoms with E-state index in [0.29, 0.717) is 34.1 Å². The van der Waals surface area contributed by atoms with Gasteiger partial charge in [-0.05, 0) is 56.5 Å². The molecule has 1 heterocycles. The lowest BCUT2D eigenvalue weighted by Crippen LogP contribution is -2.35. The summed E-state index contributed by atoms with van der Waals surface area (Å²) in [5.41, 5.74) is 2.22. The van der Waals surface area contributed by atoms with Crippen LogP contribution in [0.3, 0.4) is 0 Å². The molecule has 3 aromatic rings. The van der Waals surface area contributed by atoms with E-state index in [9.17, 15) is 9.59 Å². The Morgan fingerprint density at radius 2 is 1.88 bits per heavy atom. The number of carbonyl (C=O) groups is 1. The molecule has 1 amide bonds. The van der Waals surface area contributed by atoms with E-state index in [1.54, 1.807) is 34.7 Å². The number of halogens is 1. The molecule has 1 fully saturated rings. The molecule has 1 atom stereocenters. The number of benzene rings is 2. The summed E-state index contributed by atoms with van der Waals surface area (Å²) in [5.74, 6) is 1.28. The first-order chi connectivity index (χ1) is 15.3. The fraction of sp³-hybridized carbons (Fsp3) is 0.423. The average molecular weight is 452 g/mol. The van der Waals surface area contributed by atoms with Crippen molar-refractivity contribution in [1.29, 1.82) is 0 Å². The van der Waals surface area contributed by atoms with Crippen LogP contribution >= 0.6 is 11.6 Å². The van der Waals surface area contributed by atoms with Crippen LogP contribution < -0.4 is 5.56 Å². The van der Waals surface area contributed by atoms with Gasteiger partial charge in [0.1, 0.15) is 5.82 Å². The van der Waals surface area contributed by atoms with Crippen LogP contribution in [-0.2, 0) is 4.79 Å². The Bertz CT molecular complexity index is 1180.